The Balaban J connectivity index is 1.32. The number of nitrogens with zero attached hydrogens (tertiary/aromatic N) is 2. The Kier molecular flexibility index (Phi) is 5.46. The van der Waals surface area contributed by atoms with Crippen molar-refractivity contribution in [1.29, 1.82) is 0 Å². The van der Waals surface area contributed by atoms with E-state index in [0.717, 1.165) is 31.6 Å². The van der Waals surface area contributed by atoms with Crippen LogP contribution < -0.4 is 14.8 Å². The first-order valence-electron chi connectivity index (χ1n) is 9.89. The van der Waals surface area contributed by atoms with Crippen LogP contribution >= 0.6 is 22.7 Å². The van der Waals surface area contributed by atoms with Crippen LogP contribution in [0.15, 0.2) is 60.0 Å². The molecule has 6 nitrogen and oxygen atoms in total. The molecule has 0 unspecified atom stereocenters. The third kappa shape index (κ3) is 3.90. The number of ether oxygens (including phenoxy) is 2. The summed E-state index contributed by atoms with van der Waals surface area (Å²) in [5, 5.41) is 8.45. The van der Waals surface area contributed by atoms with Crippen LogP contribution in [0.3, 0.4) is 0 Å². The van der Waals surface area contributed by atoms with Gasteiger partial charge in [-0.25, -0.2) is 9.97 Å². The monoisotopic (exact) mass is 461 g/mol. The van der Waals surface area contributed by atoms with Crippen molar-refractivity contribution < 1.29 is 14.3 Å². The van der Waals surface area contributed by atoms with Crippen LogP contribution in [0.1, 0.15) is 5.69 Å². The second kappa shape index (κ2) is 8.57. The minimum Gasteiger partial charge on any atom is -0.493 e. The fourth-order valence-corrected chi connectivity index (χ4v) is 5.25. The number of anilines is 1. The topological polar surface area (TPSA) is 73.3 Å². The van der Waals surface area contributed by atoms with Gasteiger partial charge in [0.25, 0.3) is 0 Å². The molecule has 0 saturated carbocycles. The summed E-state index contributed by atoms with van der Waals surface area (Å²) in [6, 6.07) is 17.9. The average Bonchev–Trinajstić information content (AvgIpc) is 3.45. The molecule has 5 rings (SSSR count). The summed E-state index contributed by atoms with van der Waals surface area (Å²) in [6.45, 7) is 0. The van der Waals surface area contributed by atoms with Crippen LogP contribution in [0.5, 0.6) is 11.5 Å². The zero-order chi connectivity index (χ0) is 22.1. The van der Waals surface area contributed by atoms with Gasteiger partial charge in [0.05, 0.1) is 36.6 Å². The summed E-state index contributed by atoms with van der Waals surface area (Å²) >= 11 is 2.96. The first-order valence-corrected chi connectivity index (χ1v) is 11.6. The molecule has 0 saturated heterocycles. The summed E-state index contributed by atoms with van der Waals surface area (Å²) in [4.78, 5) is 21.9. The maximum absolute atomic E-state index is 12.6. The Morgan fingerprint density at radius 3 is 2.69 bits per heavy atom. The van der Waals surface area contributed by atoms with Gasteiger partial charge in [0.2, 0.25) is 5.91 Å². The Morgan fingerprint density at radius 1 is 1.00 bits per heavy atom. The van der Waals surface area contributed by atoms with Gasteiger partial charge >= 0.3 is 0 Å². The van der Waals surface area contributed by atoms with Gasteiger partial charge in [0, 0.05) is 16.3 Å². The van der Waals surface area contributed by atoms with E-state index >= 15 is 0 Å². The van der Waals surface area contributed by atoms with Crippen molar-refractivity contribution in [1.82, 2.24) is 9.97 Å². The highest BCUT2D eigenvalue weighted by atomic mass is 32.1. The van der Waals surface area contributed by atoms with Gasteiger partial charge in [0.1, 0.15) is 5.01 Å². The molecule has 3 aromatic carbocycles. The smallest absolute Gasteiger partial charge is 0.232 e. The number of carbonyl (C=O) groups is 1. The van der Waals surface area contributed by atoms with E-state index in [9.17, 15) is 4.79 Å². The highest BCUT2D eigenvalue weighted by molar-refractivity contribution is 7.22. The fourth-order valence-electron chi connectivity index (χ4n) is 3.53. The van der Waals surface area contributed by atoms with Gasteiger partial charge in [-0.05, 0) is 29.7 Å². The maximum Gasteiger partial charge on any atom is 0.232 e. The summed E-state index contributed by atoms with van der Waals surface area (Å²) in [5.74, 6) is 1.16. The van der Waals surface area contributed by atoms with Gasteiger partial charge in [-0.15, -0.1) is 11.3 Å². The second-order valence-electron chi connectivity index (χ2n) is 7.09. The number of hydrogen-bond donors (Lipinski definition) is 1. The number of aromatic nitrogens is 2. The molecule has 1 amide bonds. The van der Waals surface area contributed by atoms with E-state index in [-0.39, 0.29) is 12.3 Å². The second-order valence-corrected chi connectivity index (χ2v) is 8.98. The van der Waals surface area contributed by atoms with E-state index in [1.807, 2.05) is 47.8 Å². The van der Waals surface area contributed by atoms with Crippen LogP contribution in [-0.4, -0.2) is 30.1 Å². The van der Waals surface area contributed by atoms with Crippen LogP contribution in [0.2, 0.25) is 0 Å². The Labute approximate surface area is 192 Å². The lowest BCUT2D eigenvalue weighted by atomic mass is 10.1. The molecule has 0 radical (unpaired) electrons. The molecule has 0 aliphatic rings. The molecule has 0 atom stereocenters. The van der Waals surface area contributed by atoms with E-state index in [1.54, 1.807) is 14.2 Å². The lowest BCUT2D eigenvalue weighted by molar-refractivity contribution is -0.115. The number of amides is 1. The molecule has 0 aliphatic heterocycles. The highest BCUT2D eigenvalue weighted by Gasteiger charge is 2.14. The summed E-state index contributed by atoms with van der Waals surface area (Å²) in [6.07, 6.45) is 0.181. The molecule has 0 bridgehead atoms. The average molecular weight is 462 g/mol. The molecule has 0 aliphatic carbocycles. The van der Waals surface area contributed by atoms with E-state index in [4.69, 9.17) is 9.47 Å². The zero-order valence-electron chi connectivity index (χ0n) is 17.4. The third-order valence-electron chi connectivity index (χ3n) is 5.05. The summed E-state index contributed by atoms with van der Waals surface area (Å²) in [7, 11) is 3.20. The minimum absolute atomic E-state index is 0.141. The van der Waals surface area contributed by atoms with E-state index in [0.29, 0.717) is 22.3 Å². The van der Waals surface area contributed by atoms with Gasteiger partial charge in [-0.3, -0.25) is 4.79 Å². The molecule has 0 fully saturated rings. The Morgan fingerprint density at radius 2 is 1.84 bits per heavy atom. The Bertz CT molecular complexity index is 1440. The molecule has 160 valence electrons. The molecule has 1 N–H and O–H groups in total. The molecule has 5 aromatic rings. The van der Waals surface area contributed by atoms with Gasteiger partial charge in [0.15, 0.2) is 16.6 Å². The third-order valence-corrected chi connectivity index (χ3v) is 6.93. The van der Waals surface area contributed by atoms with Crippen molar-refractivity contribution in [2.45, 2.75) is 6.42 Å². The molecule has 8 heteroatoms. The predicted octanol–water partition coefficient (Wildman–Crippen LogP) is 5.77. The molecule has 2 aromatic heterocycles. The van der Waals surface area contributed by atoms with Gasteiger partial charge in [-0.2, -0.15) is 0 Å². The van der Waals surface area contributed by atoms with E-state index in [1.165, 1.54) is 22.7 Å². The first-order chi connectivity index (χ1) is 15.6. The number of rotatable bonds is 6. The number of benzene rings is 3. The quantitative estimate of drug-likeness (QED) is 0.347. The van der Waals surface area contributed by atoms with Crippen LogP contribution in [0.25, 0.3) is 31.6 Å². The van der Waals surface area contributed by atoms with E-state index in [2.05, 4.69) is 27.4 Å². The SMILES string of the molecule is COc1ccc(-c2nc(CC(=O)Nc3nc4c(ccc5ccccc54)s3)cs2)cc1OC. The fraction of sp³-hybridized carbons (Fsp3) is 0.125. The number of nitrogens with one attached hydrogen (secondary N) is 1. The summed E-state index contributed by atoms with van der Waals surface area (Å²) in [5.41, 5.74) is 2.54. The Hall–Kier alpha value is -3.49. The van der Waals surface area contributed by atoms with Crippen molar-refractivity contribution in [2.24, 2.45) is 0 Å². The molecule has 2 heterocycles. The van der Waals surface area contributed by atoms with Gasteiger partial charge in [-0.1, -0.05) is 41.7 Å². The standard InChI is InChI=1S/C24H19N3O3S2/c1-29-18-9-7-15(11-19(18)30-2)23-25-16(13-31-23)12-21(28)26-24-27-22-17-6-4-3-5-14(17)8-10-20(22)32-24/h3-11,13H,12H2,1-2H3,(H,26,27,28). The number of hydrogen-bond acceptors (Lipinski definition) is 7. The number of methoxy groups -OCH3 is 2. The first kappa shape index (κ1) is 20.4. The number of fused-ring (bicyclic) bond motifs is 3. The van der Waals surface area contributed by atoms with Crippen molar-refractivity contribution in [2.75, 3.05) is 19.5 Å². The lowest BCUT2D eigenvalue weighted by Gasteiger charge is -2.08. The molecule has 0 spiro atoms. The molecular weight excluding hydrogens is 442 g/mol. The lowest BCUT2D eigenvalue weighted by Crippen LogP contribution is -2.14. The molecular formula is C24H19N3O3S2. The minimum atomic E-state index is -0.141. The van der Waals surface area contributed by atoms with Crippen molar-refractivity contribution in [3.05, 3.63) is 65.7 Å². The number of thiazole rings is 2. The zero-order valence-corrected chi connectivity index (χ0v) is 19.0. The van der Waals surface area contributed by atoms with Crippen molar-refractivity contribution in [3.8, 4) is 22.1 Å². The predicted molar refractivity (Wildman–Crippen MR) is 130 cm³/mol. The largest absolute Gasteiger partial charge is 0.493 e. The van der Waals surface area contributed by atoms with Crippen LogP contribution in [-0.2, 0) is 11.2 Å². The van der Waals surface area contributed by atoms with E-state index < -0.39 is 0 Å². The van der Waals surface area contributed by atoms with Gasteiger partial charge < -0.3 is 14.8 Å². The van der Waals surface area contributed by atoms with Crippen molar-refractivity contribution in [3.63, 3.8) is 0 Å². The maximum atomic E-state index is 12.6. The van der Waals surface area contributed by atoms with Crippen LogP contribution in [0.4, 0.5) is 5.13 Å². The van der Waals surface area contributed by atoms with Crippen LogP contribution in [0, 0.1) is 0 Å². The van der Waals surface area contributed by atoms with Crippen molar-refractivity contribution >= 4 is 54.7 Å². The normalized spacial score (nSPS) is 11.1. The highest BCUT2D eigenvalue weighted by Crippen LogP contribution is 2.34. The molecule has 32 heavy (non-hydrogen) atoms. The number of carbonyl (C=O) groups excluding carboxylic acids is 1. The summed E-state index contributed by atoms with van der Waals surface area (Å²) < 4.78 is 11.7.